The van der Waals surface area contributed by atoms with E-state index in [9.17, 15) is 4.79 Å². The van der Waals surface area contributed by atoms with Gasteiger partial charge in [-0.2, -0.15) is 0 Å². The number of hydrogen-bond acceptors (Lipinski definition) is 2. The van der Waals surface area contributed by atoms with Crippen LogP contribution in [0.3, 0.4) is 0 Å². The summed E-state index contributed by atoms with van der Waals surface area (Å²) >= 11 is 0. The van der Waals surface area contributed by atoms with Crippen LogP contribution < -0.4 is 0 Å². The fourth-order valence-corrected chi connectivity index (χ4v) is 4.38. The smallest absolute Gasteiger partial charge is 0.246 e. The molecular formula is C23H22N2O2. The first-order chi connectivity index (χ1) is 13.3. The first kappa shape index (κ1) is 16.3. The molecule has 27 heavy (non-hydrogen) atoms. The number of hydrogen-bond donors (Lipinski definition) is 1. The van der Waals surface area contributed by atoms with Gasteiger partial charge in [-0.25, -0.2) is 0 Å². The van der Waals surface area contributed by atoms with E-state index < -0.39 is 0 Å². The van der Waals surface area contributed by atoms with Crippen LogP contribution in [-0.2, 0) is 21.7 Å². The van der Waals surface area contributed by atoms with Crippen LogP contribution in [0.4, 0.5) is 0 Å². The molecular weight excluding hydrogens is 336 g/mol. The maximum Gasteiger partial charge on any atom is 0.246 e. The van der Waals surface area contributed by atoms with Gasteiger partial charge in [0.2, 0.25) is 5.91 Å². The number of nitrogens with one attached hydrogen (secondary N) is 1. The molecule has 1 spiro atoms. The van der Waals surface area contributed by atoms with Crippen molar-refractivity contribution in [3.63, 3.8) is 0 Å². The average molecular weight is 358 g/mol. The van der Waals surface area contributed by atoms with Crippen molar-refractivity contribution >= 4 is 22.9 Å². The first-order valence-electron chi connectivity index (χ1n) is 9.51. The molecule has 0 atom stereocenters. The fraction of sp³-hybridized carbons (Fsp3) is 0.261. The Bertz CT molecular complexity index is 1030. The van der Waals surface area contributed by atoms with Crippen molar-refractivity contribution in [2.45, 2.75) is 25.0 Å². The highest BCUT2D eigenvalue weighted by Crippen LogP contribution is 2.43. The van der Waals surface area contributed by atoms with Crippen LogP contribution in [0.1, 0.15) is 29.5 Å². The minimum Gasteiger partial charge on any atom is -0.365 e. The van der Waals surface area contributed by atoms with E-state index in [1.807, 2.05) is 35.4 Å². The number of para-hydroxylation sites is 1. The van der Waals surface area contributed by atoms with Crippen LogP contribution in [0, 0.1) is 0 Å². The Kier molecular flexibility index (Phi) is 3.87. The lowest BCUT2D eigenvalue weighted by Crippen LogP contribution is -2.44. The predicted octanol–water partition coefficient (Wildman–Crippen LogP) is 4.23. The molecule has 5 rings (SSSR count). The number of fused-ring (bicyclic) bond motifs is 3. The summed E-state index contributed by atoms with van der Waals surface area (Å²) in [5, 5.41) is 1.13. The molecule has 0 aliphatic carbocycles. The Morgan fingerprint density at radius 3 is 2.74 bits per heavy atom. The lowest BCUT2D eigenvalue weighted by atomic mass is 9.84. The number of aromatic amines is 1. The normalized spacial score (nSPS) is 18.4. The number of piperidine rings is 1. The standard InChI is InChI=1S/C23H22N2O2/c26-22(10-9-17-15-24-21-8-4-2-6-19(17)21)25-13-11-23(12-14-25)20-7-3-1-5-18(20)16-27-23/h1-10,15,24H,11-14,16H2. The lowest BCUT2D eigenvalue weighted by molar-refractivity contribution is -0.133. The Hall–Kier alpha value is -2.85. The molecule has 4 nitrogen and oxygen atoms in total. The number of rotatable bonds is 2. The summed E-state index contributed by atoms with van der Waals surface area (Å²) in [6, 6.07) is 16.6. The maximum absolute atomic E-state index is 12.7. The van der Waals surface area contributed by atoms with E-state index in [2.05, 4.69) is 35.3 Å². The van der Waals surface area contributed by atoms with E-state index in [1.54, 1.807) is 6.08 Å². The fourth-order valence-electron chi connectivity index (χ4n) is 4.38. The van der Waals surface area contributed by atoms with Crippen LogP contribution >= 0.6 is 0 Å². The number of aromatic nitrogens is 1. The lowest BCUT2D eigenvalue weighted by Gasteiger charge is -2.39. The summed E-state index contributed by atoms with van der Waals surface area (Å²) < 4.78 is 6.19. The number of amides is 1. The van der Waals surface area contributed by atoms with E-state index in [4.69, 9.17) is 4.74 Å². The van der Waals surface area contributed by atoms with Crippen molar-refractivity contribution in [1.29, 1.82) is 0 Å². The van der Waals surface area contributed by atoms with Crippen molar-refractivity contribution in [3.8, 4) is 0 Å². The van der Waals surface area contributed by atoms with Gasteiger partial charge in [0.05, 0.1) is 12.2 Å². The molecule has 1 fully saturated rings. The van der Waals surface area contributed by atoms with E-state index in [0.29, 0.717) is 6.61 Å². The number of carbonyl (C=O) groups is 1. The second-order valence-electron chi connectivity index (χ2n) is 7.39. The molecule has 0 unspecified atom stereocenters. The van der Waals surface area contributed by atoms with Crippen molar-refractivity contribution in [3.05, 3.63) is 77.5 Å². The Labute approximate surface area is 158 Å². The van der Waals surface area contributed by atoms with Gasteiger partial charge in [-0.3, -0.25) is 4.79 Å². The van der Waals surface area contributed by atoms with Gasteiger partial charge in [0, 0.05) is 36.3 Å². The van der Waals surface area contributed by atoms with Crippen molar-refractivity contribution < 1.29 is 9.53 Å². The van der Waals surface area contributed by atoms with E-state index in [1.165, 1.54) is 11.1 Å². The SMILES string of the molecule is O=C(C=Cc1c[nH]c2ccccc12)N1CCC2(CC1)OCc1ccccc12. The first-order valence-corrected chi connectivity index (χ1v) is 9.51. The Morgan fingerprint density at radius 1 is 1.07 bits per heavy atom. The molecule has 0 radical (unpaired) electrons. The number of nitrogens with zero attached hydrogens (tertiary/aromatic N) is 1. The van der Waals surface area contributed by atoms with Gasteiger partial charge < -0.3 is 14.6 Å². The van der Waals surface area contributed by atoms with Gasteiger partial charge in [-0.05, 0) is 41.7 Å². The zero-order valence-electron chi connectivity index (χ0n) is 15.2. The zero-order chi connectivity index (χ0) is 18.3. The highest BCUT2D eigenvalue weighted by molar-refractivity contribution is 5.96. The highest BCUT2D eigenvalue weighted by Gasteiger charge is 2.42. The van der Waals surface area contributed by atoms with Gasteiger partial charge in [-0.15, -0.1) is 0 Å². The van der Waals surface area contributed by atoms with E-state index in [-0.39, 0.29) is 11.5 Å². The van der Waals surface area contributed by atoms with Crippen LogP contribution in [-0.4, -0.2) is 28.9 Å². The monoisotopic (exact) mass is 358 g/mol. The molecule has 2 aliphatic rings. The quantitative estimate of drug-likeness (QED) is 0.697. The van der Waals surface area contributed by atoms with E-state index >= 15 is 0 Å². The predicted molar refractivity (Wildman–Crippen MR) is 106 cm³/mol. The van der Waals surface area contributed by atoms with Crippen LogP contribution in [0.5, 0.6) is 0 Å². The third-order valence-electron chi connectivity index (χ3n) is 5.92. The van der Waals surface area contributed by atoms with Crippen molar-refractivity contribution in [1.82, 2.24) is 9.88 Å². The Balaban J connectivity index is 1.28. The summed E-state index contributed by atoms with van der Waals surface area (Å²) in [5.41, 5.74) is 4.53. The average Bonchev–Trinajstić information content (AvgIpc) is 3.29. The molecule has 3 aromatic rings. The largest absolute Gasteiger partial charge is 0.365 e. The minimum atomic E-state index is -0.200. The van der Waals surface area contributed by atoms with Crippen LogP contribution in [0.15, 0.2) is 60.8 Å². The minimum absolute atomic E-state index is 0.0708. The Morgan fingerprint density at radius 2 is 1.85 bits per heavy atom. The van der Waals surface area contributed by atoms with Crippen LogP contribution in [0.2, 0.25) is 0 Å². The second kappa shape index (κ2) is 6.39. The molecule has 1 aromatic heterocycles. The summed E-state index contributed by atoms with van der Waals surface area (Å²) in [6.45, 7) is 2.14. The highest BCUT2D eigenvalue weighted by atomic mass is 16.5. The number of ether oxygens (including phenoxy) is 1. The number of carbonyl (C=O) groups excluding carboxylic acids is 1. The van der Waals surface area contributed by atoms with Crippen molar-refractivity contribution in [2.24, 2.45) is 0 Å². The van der Waals surface area contributed by atoms with Gasteiger partial charge in [0.15, 0.2) is 0 Å². The molecule has 1 N–H and O–H groups in total. The summed E-state index contributed by atoms with van der Waals surface area (Å²) in [5.74, 6) is 0.0708. The van der Waals surface area contributed by atoms with E-state index in [0.717, 1.165) is 42.4 Å². The third kappa shape index (κ3) is 2.77. The van der Waals surface area contributed by atoms with Crippen LogP contribution in [0.25, 0.3) is 17.0 Å². The molecule has 1 saturated heterocycles. The third-order valence-corrected chi connectivity index (χ3v) is 5.92. The number of H-pyrrole nitrogens is 1. The molecule has 1 amide bonds. The van der Waals surface area contributed by atoms with Crippen molar-refractivity contribution in [2.75, 3.05) is 13.1 Å². The summed E-state index contributed by atoms with van der Waals surface area (Å²) in [7, 11) is 0. The molecule has 3 heterocycles. The molecule has 0 bridgehead atoms. The molecule has 0 saturated carbocycles. The maximum atomic E-state index is 12.7. The topological polar surface area (TPSA) is 45.3 Å². The molecule has 2 aromatic carbocycles. The summed E-state index contributed by atoms with van der Waals surface area (Å²) in [4.78, 5) is 17.8. The van der Waals surface area contributed by atoms with Gasteiger partial charge in [0.25, 0.3) is 0 Å². The number of benzene rings is 2. The number of likely N-dealkylation sites (tertiary alicyclic amines) is 1. The molecule has 4 heteroatoms. The zero-order valence-corrected chi connectivity index (χ0v) is 15.2. The molecule has 136 valence electrons. The summed E-state index contributed by atoms with van der Waals surface area (Å²) in [6.07, 6.45) is 7.26. The van der Waals surface area contributed by atoms with Gasteiger partial charge in [-0.1, -0.05) is 42.5 Å². The molecule has 2 aliphatic heterocycles. The van der Waals surface area contributed by atoms with Gasteiger partial charge in [0.1, 0.15) is 0 Å². The van der Waals surface area contributed by atoms with Gasteiger partial charge >= 0.3 is 0 Å². The second-order valence-corrected chi connectivity index (χ2v) is 7.39.